The molecule has 0 radical (unpaired) electrons. The summed E-state index contributed by atoms with van der Waals surface area (Å²) in [6.07, 6.45) is 12.4. The van der Waals surface area contributed by atoms with Crippen LogP contribution in [-0.4, -0.2) is 17.5 Å². The van der Waals surface area contributed by atoms with Crippen LogP contribution in [0.2, 0.25) is 0 Å². The molecule has 2 saturated heterocycles. The average molecular weight is 277 g/mol. The highest BCUT2D eigenvalue weighted by Crippen LogP contribution is 2.44. The van der Waals surface area contributed by atoms with Gasteiger partial charge in [-0.2, -0.15) is 0 Å². The van der Waals surface area contributed by atoms with Crippen LogP contribution in [0.4, 0.5) is 0 Å². The standard InChI is InChI=1S/C19H35N/c1-5-7-11-17-14-20-15(3)10-9-13-19(20)18(16(17)4)12-8-6-2/h16-19H,3,5-14H2,1-2,4H3. The summed E-state index contributed by atoms with van der Waals surface area (Å²) in [5, 5.41) is 0. The largest absolute Gasteiger partial charge is 0.372 e. The molecule has 0 aromatic heterocycles. The van der Waals surface area contributed by atoms with Gasteiger partial charge in [0.25, 0.3) is 0 Å². The number of allylic oxidation sites excluding steroid dienone is 1. The van der Waals surface area contributed by atoms with Gasteiger partial charge in [0.2, 0.25) is 0 Å². The molecule has 0 aromatic carbocycles. The molecule has 116 valence electrons. The molecule has 2 rings (SSSR count). The van der Waals surface area contributed by atoms with E-state index in [2.05, 4.69) is 32.3 Å². The van der Waals surface area contributed by atoms with Gasteiger partial charge in [0.15, 0.2) is 0 Å². The second-order valence-corrected chi connectivity index (χ2v) is 7.25. The smallest absolute Gasteiger partial charge is 0.0317 e. The summed E-state index contributed by atoms with van der Waals surface area (Å²) in [5.74, 6) is 2.74. The Hall–Kier alpha value is -0.460. The fourth-order valence-electron chi connectivity index (χ4n) is 4.59. The molecule has 0 saturated carbocycles. The highest BCUT2D eigenvalue weighted by atomic mass is 15.2. The van der Waals surface area contributed by atoms with Crippen LogP contribution in [0.1, 0.15) is 78.6 Å². The van der Waals surface area contributed by atoms with Crippen molar-refractivity contribution in [1.82, 2.24) is 4.90 Å². The van der Waals surface area contributed by atoms with E-state index in [1.807, 2.05) is 0 Å². The third kappa shape index (κ3) is 3.40. The van der Waals surface area contributed by atoms with Gasteiger partial charge >= 0.3 is 0 Å². The van der Waals surface area contributed by atoms with Gasteiger partial charge in [0.1, 0.15) is 0 Å². The molecule has 4 unspecified atom stereocenters. The summed E-state index contributed by atoms with van der Waals surface area (Å²) in [4.78, 5) is 2.73. The summed E-state index contributed by atoms with van der Waals surface area (Å²) in [6.45, 7) is 12.9. The van der Waals surface area contributed by atoms with Crippen LogP contribution in [-0.2, 0) is 0 Å². The zero-order valence-corrected chi connectivity index (χ0v) is 14.0. The van der Waals surface area contributed by atoms with Gasteiger partial charge in [-0.15, -0.1) is 0 Å². The first kappa shape index (κ1) is 15.9. The minimum atomic E-state index is 0.815. The lowest BCUT2D eigenvalue weighted by Gasteiger charge is -2.53. The Morgan fingerprint density at radius 2 is 1.85 bits per heavy atom. The number of hydrogen-bond donors (Lipinski definition) is 0. The molecule has 0 aromatic rings. The van der Waals surface area contributed by atoms with Crippen molar-refractivity contribution >= 4 is 0 Å². The SMILES string of the molecule is C=C1CCCC2C(CCCC)C(C)C(CCCC)CN12. The molecule has 0 spiro atoms. The van der Waals surface area contributed by atoms with Crippen LogP contribution in [0.3, 0.4) is 0 Å². The first-order valence-electron chi connectivity index (χ1n) is 9.13. The second-order valence-electron chi connectivity index (χ2n) is 7.25. The lowest BCUT2D eigenvalue weighted by Crippen LogP contribution is -2.53. The van der Waals surface area contributed by atoms with E-state index in [9.17, 15) is 0 Å². The third-order valence-electron chi connectivity index (χ3n) is 5.94. The monoisotopic (exact) mass is 277 g/mol. The van der Waals surface area contributed by atoms with Crippen molar-refractivity contribution in [2.75, 3.05) is 6.54 Å². The van der Waals surface area contributed by atoms with Gasteiger partial charge in [-0.3, -0.25) is 0 Å². The Morgan fingerprint density at radius 3 is 2.55 bits per heavy atom. The van der Waals surface area contributed by atoms with Crippen LogP contribution in [0.5, 0.6) is 0 Å². The van der Waals surface area contributed by atoms with Gasteiger partial charge in [-0.05, 0) is 49.9 Å². The molecule has 2 aliphatic rings. The van der Waals surface area contributed by atoms with E-state index in [-0.39, 0.29) is 0 Å². The Kier molecular flexibility index (Phi) is 5.99. The molecule has 2 fully saturated rings. The third-order valence-corrected chi connectivity index (χ3v) is 5.94. The average Bonchev–Trinajstić information content (AvgIpc) is 2.45. The van der Waals surface area contributed by atoms with E-state index in [1.165, 1.54) is 70.0 Å². The van der Waals surface area contributed by atoms with Gasteiger partial charge in [-0.25, -0.2) is 0 Å². The Morgan fingerprint density at radius 1 is 1.15 bits per heavy atom. The second kappa shape index (κ2) is 7.52. The van der Waals surface area contributed by atoms with Crippen LogP contribution in [0.15, 0.2) is 12.3 Å². The molecule has 0 amide bonds. The lowest BCUT2D eigenvalue weighted by atomic mass is 9.68. The van der Waals surface area contributed by atoms with Gasteiger partial charge in [0, 0.05) is 18.3 Å². The van der Waals surface area contributed by atoms with Crippen LogP contribution in [0.25, 0.3) is 0 Å². The van der Waals surface area contributed by atoms with Crippen molar-refractivity contribution in [3.63, 3.8) is 0 Å². The number of rotatable bonds is 6. The maximum Gasteiger partial charge on any atom is 0.0317 e. The normalized spacial score (nSPS) is 34.1. The van der Waals surface area contributed by atoms with Crippen molar-refractivity contribution in [3.8, 4) is 0 Å². The van der Waals surface area contributed by atoms with Crippen LogP contribution >= 0.6 is 0 Å². The minimum Gasteiger partial charge on any atom is -0.372 e. The summed E-state index contributed by atoms with van der Waals surface area (Å²) < 4.78 is 0. The molecular weight excluding hydrogens is 242 g/mol. The van der Waals surface area contributed by atoms with E-state index in [1.54, 1.807) is 0 Å². The van der Waals surface area contributed by atoms with Crippen LogP contribution < -0.4 is 0 Å². The van der Waals surface area contributed by atoms with Crippen molar-refractivity contribution in [3.05, 3.63) is 12.3 Å². The highest BCUT2D eigenvalue weighted by molar-refractivity contribution is 5.06. The van der Waals surface area contributed by atoms with E-state index >= 15 is 0 Å². The first-order valence-corrected chi connectivity index (χ1v) is 9.13. The summed E-state index contributed by atoms with van der Waals surface area (Å²) in [6, 6.07) is 0.815. The molecule has 0 N–H and O–H groups in total. The predicted molar refractivity (Wildman–Crippen MR) is 88.7 cm³/mol. The molecule has 4 atom stereocenters. The van der Waals surface area contributed by atoms with Crippen LogP contribution in [0, 0.1) is 17.8 Å². The molecule has 2 heterocycles. The quantitative estimate of drug-likeness (QED) is 0.609. The zero-order chi connectivity index (χ0) is 14.5. The van der Waals surface area contributed by atoms with Gasteiger partial charge in [-0.1, -0.05) is 53.0 Å². The van der Waals surface area contributed by atoms with Crippen molar-refractivity contribution in [2.45, 2.75) is 84.6 Å². The van der Waals surface area contributed by atoms with Gasteiger partial charge < -0.3 is 4.90 Å². The number of hydrogen-bond acceptors (Lipinski definition) is 1. The fourth-order valence-corrected chi connectivity index (χ4v) is 4.59. The number of fused-ring (bicyclic) bond motifs is 1. The number of piperidine rings is 2. The Balaban J connectivity index is 2.09. The highest BCUT2D eigenvalue weighted by Gasteiger charge is 2.41. The number of nitrogens with zero attached hydrogens (tertiary/aromatic N) is 1. The molecular formula is C19H35N. The molecule has 1 heteroatoms. The summed E-state index contributed by atoms with van der Waals surface area (Å²) >= 11 is 0. The van der Waals surface area contributed by atoms with E-state index in [0.717, 1.165) is 23.8 Å². The van der Waals surface area contributed by atoms with Gasteiger partial charge in [0.05, 0.1) is 0 Å². The molecule has 0 bridgehead atoms. The van der Waals surface area contributed by atoms with Crippen molar-refractivity contribution < 1.29 is 0 Å². The van der Waals surface area contributed by atoms with Crippen molar-refractivity contribution in [2.24, 2.45) is 17.8 Å². The predicted octanol–water partition coefficient (Wildman–Crippen LogP) is 5.62. The zero-order valence-electron chi connectivity index (χ0n) is 14.0. The fraction of sp³-hybridized carbons (Fsp3) is 0.895. The molecule has 20 heavy (non-hydrogen) atoms. The summed E-state index contributed by atoms with van der Waals surface area (Å²) in [5.41, 5.74) is 1.44. The topological polar surface area (TPSA) is 3.24 Å². The van der Waals surface area contributed by atoms with Crippen molar-refractivity contribution in [1.29, 1.82) is 0 Å². The number of unbranched alkanes of at least 4 members (excludes halogenated alkanes) is 2. The molecule has 1 nitrogen and oxygen atoms in total. The lowest BCUT2D eigenvalue weighted by molar-refractivity contribution is 0.00549. The summed E-state index contributed by atoms with van der Waals surface area (Å²) in [7, 11) is 0. The Bertz CT molecular complexity index is 309. The maximum absolute atomic E-state index is 4.38. The van der Waals surface area contributed by atoms with E-state index in [0.29, 0.717) is 0 Å². The van der Waals surface area contributed by atoms with E-state index < -0.39 is 0 Å². The first-order chi connectivity index (χ1) is 9.69. The maximum atomic E-state index is 4.38. The Labute approximate surface area is 126 Å². The van der Waals surface area contributed by atoms with E-state index in [4.69, 9.17) is 0 Å². The minimum absolute atomic E-state index is 0.815. The molecule has 2 aliphatic heterocycles. The molecule has 0 aliphatic carbocycles.